The lowest BCUT2D eigenvalue weighted by molar-refractivity contribution is 0.745. The maximum absolute atomic E-state index is 2.35. The lowest BCUT2D eigenvalue weighted by atomic mass is 10.3. The molecule has 0 aliphatic heterocycles. The molecule has 1 heterocycles. The SMILES string of the molecule is CCc1ccn(C2CC2)c1. The van der Waals surface area contributed by atoms with Crippen molar-refractivity contribution < 1.29 is 0 Å². The predicted molar refractivity (Wildman–Crippen MR) is 42.1 cm³/mol. The molecule has 0 N–H and O–H groups in total. The van der Waals surface area contributed by atoms with E-state index in [-0.39, 0.29) is 0 Å². The van der Waals surface area contributed by atoms with Crippen LogP contribution in [0.1, 0.15) is 31.4 Å². The molecular weight excluding hydrogens is 122 g/mol. The lowest BCUT2D eigenvalue weighted by Gasteiger charge is -1.94. The van der Waals surface area contributed by atoms with Gasteiger partial charge in [-0.25, -0.2) is 0 Å². The first kappa shape index (κ1) is 6.02. The Bertz CT molecular complexity index is 220. The molecule has 2 rings (SSSR count). The summed E-state index contributed by atoms with van der Waals surface area (Å²) in [4.78, 5) is 0. The molecule has 1 nitrogen and oxygen atoms in total. The minimum atomic E-state index is 0.847. The molecule has 0 radical (unpaired) electrons. The molecule has 0 bridgehead atoms. The maximum atomic E-state index is 2.35. The quantitative estimate of drug-likeness (QED) is 0.586. The second-order valence-electron chi connectivity index (χ2n) is 3.05. The van der Waals surface area contributed by atoms with Crippen LogP contribution in [0.2, 0.25) is 0 Å². The van der Waals surface area contributed by atoms with Crippen LogP contribution < -0.4 is 0 Å². The van der Waals surface area contributed by atoms with Gasteiger partial charge in [-0.1, -0.05) is 6.92 Å². The van der Waals surface area contributed by atoms with Gasteiger partial charge in [0.25, 0.3) is 0 Å². The number of nitrogens with zero attached hydrogens (tertiary/aromatic N) is 1. The van der Waals surface area contributed by atoms with Gasteiger partial charge in [0.05, 0.1) is 0 Å². The zero-order valence-corrected chi connectivity index (χ0v) is 6.38. The number of hydrogen-bond donors (Lipinski definition) is 0. The molecule has 1 aliphatic rings. The van der Waals surface area contributed by atoms with Crippen molar-refractivity contribution in [2.24, 2.45) is 0 Å². The maximum Gasteiger partial charge on any atom is 0.0332 e. The third-order valence-electron chi connectivity index (χ3n) is 2.15. The zero-order chi connectivity index (χ0) is 6.97. The average Bonchev–Trinajstić information content (AvgIpc) is 2.70. The summed E-state index contributed by atoms with van der Waals surface area (Å²) in [6, 6.07) is 3.07. The van der Waals surface area contributed by atoms with Crippen molar-refractivity contribution >= 4 is 0 Å². The highest BCUT2D eigenvalue weighted by Gasteiger charge is 2.22. The summed E-state index contributed by atoms with van der Waals surface area (Å²) < 4.78 is 2.35. The average molecular weight is 135 g/mol. The fourth-order valence-electron chi connectivity index (χ4n) is 1.27. The van der Waals surface area contributed by atoms with Gasteiger partial charge in [0, 0.05) is 18.4 Å². The number of aryl methyl sites for hydroxylation is 1. The number of hydrogen-bond acceptors (Lipinski definition) is 0. The second-order valence-corrected chi connectivity index (χ2v) is 3.05. The van der Waals surface area contributed by atoms with Crippen molar-refractivity contribution in [3.05, 3.63) is 24.0 Å². The molecule has 1 aromatic rings. The van der Waals surface area contributed by atoms with Gasteiger partial charge >= 0.3 is 0 Å². The van der Waals surface area contributed by atoms with Gasteiger partial charge in [-0.2, -0.15) is 0 Å². The lowest BCUT2D eigenvalue weighted by Crippen LogP contribution is -1.86. The summed E-state index contributed by atoms with van der Waals surface area (Å²) in [7, 11) is 0. The molecule has 10 heavy (non-hydrogen) atoms. The molecule has 1 aromatic heterocycles. The summed E-state index contributed by atoms with van der Waals surface area (Å²) in [5.41, 5.74) is 1.46. The Hall–Kier alpha value is -0.720. The molecule has 0 spiro atoms. The monoisotopic (exact) mass is 135 g/mol. The Kier molecular flexibility index (Phi) is 1.30. The van der Waals surface area contributed by atoms with E-state index < -0.39 is 0 Å². The fourth-order valence-corrected chi connectivity index (χ4v) is 1.27. The smallest absolute Gasteiger partial charge is 0.0332 e. The summed E-state index contributed by atoms with van der Waals surface area (Å²) in [5.74, 6) is 0. The Balaban J connectivity index is 2.19. The first-order chi connectivity index (χ1) is 4.90. The van der Waals surface area contributed by atoms with E-state index in [4.69, 9.17) is 0 Å². The van der Waals surface area contributed by atoms with Crippen LogP contribution in [0.15, 0.2) is 18.5 Å². The summed E-state index contributed by atoms with van der Waals surface area (Å²) in [6.07, 6.45) is 8.42. The van der Waals surface area contributed by atoms with Crippen molar-refractivity contribution in [3.63, 3.8) is 0 Å². The molecular formula is C9H13N. The van der Waals surface area contributed by atoms with E-state index in [0.29, 0.717) is 0 Å². The minimum absolute atomic E-state index is 0.847. The van der Waals surface area contributed by atoms with Gasteiger partial charge in [-0.3, -0.25) is 0 Å². The Labute approximate surface area is 61.7 Å². The van der Waals surface area contributed by atoms with Gasteiger partial charge < -0.3 is 4.57 Å². The van der Waals surface area contributed by atoms with Crippen molar-refractivity contribution in [1.82, 2.24) is 4.57 Å². The normalized spacial score (nSPS) is 17.7. The van der Waals surface area contributed by atoms with Crippen molar-refractivity contribution in [2.45, 2.75) is 32.2 Å². The largest absolute Gasteiger partial charge is 0.351 e. The zero-order valence-electron chi connectivity index (χ0n) is 6.38. The van der Waals surface area contributed by atoms with E-state index >= 15 is 0 Å². The van der Waals surface area contributed by atoms with Crippen LogP contribution in [0.5, 0.6) is 0 Å². The molecule has 1 saturated carbocycles. The summed E-state index contributed by atoms with van der Waals surface area (Å²) >= 11 is 0. The molecule has 0 aromatic carbocycles. The second kappa shape index (κ2) is 2.15. The van der Waals surface area contributed by atoms with Crippen molar-refractivity contribution in [2.75, 3.05) is 0 Å². The summed E-state index contributed by atoms with van der Waals surface area (Å²) in [5, 5.41) is 0. The molecule has 0 atom stereocenters. The van der Waals surface area contributed by atoms with E-state index in [1.165, 1.54) is 24.8 Å². The standard InChI is InChI=1S/C9H13N/c1-2-8-5-6-10(7-8)9-3-4-9/h5-7,9H,2-4H2,1H3. The van der Waals surface area contributed by atoms with E-state index in [1.54, 1.807) is 0 Å². The molecule has 1 heteroatoms. The molecule has 0 unspecified atom stereocenters. The van der Waals surface area contributed by atoms with Gasteiger partial charge in [-0.05, 0) is 30.9 Å². The third kappa shape index (κ3) is 0.962. The Morgan fingerprint density at radius 1 is 1.60 bits per heavy atom. The van der Waals surface area contributed by atoms with Crippen LogP contribution in [-0.2, 0) is 6.42 Å². The topological polar surface area (TPSA) is 4.93 Å². The van der Waals surface area contributed by atoms with E-state index in [9.17, 15) is 0 Å². The highest BCUT2D eigenvalue weighted by molar-refractivity contribution is 5.11. The van der Waals surface area contributed by atoms with Crippen LogP contribution in [0.25, 0.3) is 0 Å². The molecule has 1 fully saturated rings. The number of aromatic nitrogens is 1. The fraction of sp³-hybridized carbons (Fsp3) is 0.556. The van der Waals surface area contributed by atoms with Crippen molar-refractivity contribution in [3.8, 4) is 0 Å². The van der Waals surface area contributed by atoms with E-state index in [1.807, 2.05) is 0 Å². The minimum Gasteiger partial charge on any atom is -0.351 e. The molecule has 1 aliphatic carbocycles. The van der Waals surface area contributed by atoms with Crippen LogP contribution >= 0.6 is 0 Å². The van der Waals surface area contributed by atoms with E-state index in [2.05, 4.69) is 30.0 Å². The van der Waals surface area contributed by atoms with Gasteiger partial charge in [-0.15, -0.1) is 0 Å². The van der Waals surface area contributed by atoms with Gasteiger partial charge in [0.15, 0.2) is 0 Å². The third-order valence-corrected chi connectivity index (χ3v) is 2.15. The van der Waals surface area contributed by atoms with Gasteiger partial charge in [0.2, 0.25) is 0 Å². The van der Waals surface area contributed by atoms with Gasteiger partial charge in [0.1, 0.15) is 0 Å². The Morgan fingerprint density at radius 2 is 2.40 bits per heavy atom. The first-order valence-electron chi connectivity index (χ1n) is 4.06. The molecule has 54 valence electrons. The first-order valence-corrected chi connectivity index (χ1v) is 4.06. The predicted octanol–water partition coefficient (Wildman–Crippen LogP) is 2.39. The Morgan fingerprint density at radius 3 is 2.90 bits per heavy atom. The van der Waals surface area contributed by atoms with Crippen LogP contribution in [0, 0.1) is 0 Å². The van der Waals surface area contributed by atoms with E-state index in [0.717, 1.165) is 6.04 Å². The number of rotatable bonds is 2. The van der Waals surface area contributed by atoms with Crippen LogP contribution in [0.4, 0.5) is 0 Å². The molecule has 0 amide bonds. The van der Waals surface area contributed by atoms with Crippen LogP contribution in [0.3, 0.4) is 0 Å². The highest BCUT2D eigenvalue weighted by Crippen LogP contribution is 2.34. The summed E-state index contributed by atoms with van der Waals surface area (Å²) in [6.45, 7) is 2.20. The highest BCUT2D eigenvalue weighted by atomic mass is 15.0. The van der Waals surface area contributed by atoms with Crippen molar-refractivity contribution in [1.29, 1.82) is 0 Å². The van der Waals surface area contributed by atoms with Crippen LogP contribution in [-0.4, -0.2) is 4.57 Å². The molecule has 0 saturated heterocycles.